The number of pyridine rings is 1. The maximum absolute atomic E-state index is 11.5. The van der Waals surface area contributed by atoms with Gasteiger partial charge in [-0.15, -0.1) is 0 Å². The predicted molar refractivity (Wildman–Crippen MR) is 66.8 cm³/mol. The van der Waals surface area contributed by atoms with Crippen molar-refractivity contribution < 1.29 is 14.3 Å². The summed E-state index contributed by atoms with van der Waals surface area (Å²) in [5.74, 6) is -0.670. The van der Waals surface area contributed by atoms with E-state index in [0.717, 1.165) is 5.56 Å². The monoisotopic (exact) mass is 250 g/mol. The molecule has 0 aliphatic carbocycles. The first-order chi connectivity index (χ1) is 8.37. The van der Waals surface area contributed by atoms with E-state index in [1.807, 2.05) is 0 Å². The predicted octanol–water partition coefficient (Wildman–Crippen LogP) is 1.08. The third-order valence-electron chi connectivity index (χ3n) is 1.94. The number of nitrogens with zero attached hydrogens (tertiary/aromatic N) is 1. The van der Waals surface area contributed by atoms with Gasteiger partial charge in [-0.3, -0.25) is 14.6 Å². The highest BCUT2D eigenvalue weighted by Crippen LogP contribution is 2.06. The quantitative estimate of drug-likeness (QED) is 0.812. The molecular weight excluding hydrogens is 232 g/mol. The summed E-state index contributed by atoms with van der Waals surface area (Å²) < 4.78 is 5.07. The lowest BCUT2D eigenvalue weighted by Crippen LogP contribution is -2.35. The number of nitrogens with one attached hydrogen (secondary N) is 1. The first kappa shape index (κ1) is 14.2. The van der Waals surface area contributed by atoms with Crippen molar-refractivity contribution in [1.29, 1.82) is 0 Å². The Morgan fingerprint density at radius 3 is 2.67 bits per heavy atom. The molecule has 0 unspecified atom stereocenters. The molecule has 1 amide bonds. The standard InChI is InChI=1S/C13H18N2O3/c1-13(2,3)18-12(17)9-15-11(16)7-10-5-4-6-14-8-10/h4-6,8H,7,9H2,1-3H3,(H,15,16). The summed E-state index contributed by atoms with van der Waals surface area (Å²) in [5, 5.41) is 2.51. The largest absolute Gasteiger partial charge is 0.459 e. The average molecular weight is 250 g/mol. The smallest absolute Gasteiger partial charge is 0.325 e. The topological polar surface area (TPSA) is 68.3 Å². The van der Waals surface area contributed by atoms with Crippen molar-refractivity contribution in [3.63, 3.8) is 0 Å². The van der Waals surface area contributed by atoms with E-state index in [1.54, 1.807) is 45.3 Å². The van der Waals surface area contributed by atoms with Crippen LogP contribution in [0.2, 0.25) is 0 Å². The van der Waals surface area contributed by atoms with Crippen LogP contribution in [0, 0.1) is 0 Å². The number of aromatic nitrogens is 1. The Morgan fingerprint density at radius 1 is 1.39 bits per heavy atom. The van der Waals surface area contributed by atoms with Gasteiger partial charge < -0.3 is 10.1 Å². The Kier molecular flexibility index (Phi) is 4.83. The van der Waals surface area contributed by atoms with E-state index >= 15 is 0 Å². The van der Waals surface area contributed by atoms with Gasteiger partial charge in [0.25, 0.3) is 0 Å². The summed E-state index contributed by atoms with van der Waals surface area (Å²) >= 11 is 0. The minimum absolute atomic E-state index is 0.115. The van der Waals surface area contributed by atoms with E-state index in [-0.39, 0.29) is 18.9 Å². The Morgan fingerprint density at radius 2 is 2.11 bits per heavy atom. The molecule has 0 aromatic carbocycles. The van der Waals surface area contributed by atoms with Gasteiger partial charge in [-0.2, -0.15) is 0 Å². The molecule has 5 heteroatoms. The number of esters is 1. The number of carbonyl (C=O) groups excluding carboxylic acids is 2. The number of ether oxygens (including phenoxy) is 1. The fourth-order valence-corrected chi connectivity index (χ4v) is 1.30. The van der Waals surface area contributed by atoms with Gasteiger partial charge in [0.1, 0.15) is 12.1 Å². The number of hydrogen-bond donors (Lipinski definition) is 1. The molecule has 1 aromatic heterocycles. The molecule has 0 spiro atoms. The molecule has 1 heterocycles. The van der Waals surface area contributed by atoms with Gasteiger partial charge in [0.05, 0.1) is 6.42 Å². The van der Waals surface area contributed by atoms with E-state index in [0.29, 0.717) is 0 Å². The van der Waals surface area contributed by atoms with Gasteiger partial charge in [0.15, 0.2) is 0 Å². The van der Waals surface area contributed by atoms with Crippen LogP contribution >= 0.6 is 0 Å². The lowest BCUT2D eigenvalue weighted by Gasteiger charge is -2.19. The summed E-state index contributed by atoms with van der Waals surface area (Å²) in [4.78, 5) is 26.8. The van der Waals surface area contributed by atoms with Crippen molar-refractivity contribution in [2.24, 2.45) is 0 Å². The van der Waals surface area contributed by atoms with Crippen LogP contribution in [0.15, 0.2) is 24.5 Å². The van der Waals surface area contributed by atoms with Crippen molar-refractivity contribution in [3.8, 4) is 0 Å². The van der Waals surface area contributed by atoms with E-state index in [2.05, 4.69) is 10.3 Å². The second-order valence-corrected chi connectivity index (χ2v) is 4.90. The molecule has 18 heavy (non-hydrogen) atoms. The van der Waals surface area contributed by atoms with Crippen LogP contribution < -0.4 is 5.32 Å². The minimum Gasteiger partial charge on any atom is -0.459 e. The van der Waals surface area contributed by atoms with E-state index in [9.17, 15) is 9.59 Å². The van der Waals surface area contributed by atoms with Crippen LogP contribution in [0.4, 0.5) is 0 Å². The van der Waals surface area contributed by atoms with E-state index in [1.165, 1.54) is 0 Å². The molecule has 0 radical (unpaired) electrons. The molecular formula is C13H18N2O3. The molecule has 1 rings (SSSR count). The van der Waals surface area contributed by atoms with E-state index in [4.69, 9.17) is 4.74 Å². The number of rotatable bonds is 4. The maximum atomic E-state index is 11.5. The molecule has 0 aliphatic rings. The zero-order valence-corrected chi connectivity index (χ0v) is 10.9. The van der Waals surface area contributed by atoms with Crippen molar-refractivity contribution >= 4 is 11.9 Å². The van der Waals surface area contributed by atoms with Gasteiger partial charge in [0.2, 0.25) is 5.91 Å². The van der Waals surface area contributed by atoms with Gasteiger partial charge in [-0.1, -0.05) is 6.07 Å². The summed E-state index contributed by atoms with van der Waals surface area (Å²) in [6.45, 7) is 5.23. The lowest BCUT2D eigenvalue weighted by atomic mass is 10.2. The van der Waals surface area contributed by atoms with Crippen LogP contribution in [0.1, 0.15) is 26.3 Å². The highest BCUT2D eigenvalue weighted by Gasteiger charge is 2.16. The zero-order valence-electron chi connectivity index (χ0n) is 10.9. The Hall–Kier alpha value is -1.91. The molecule has 1 aromatic rings. The van der Waals surface area contributed by atoms with Crippen LogP contribution in [0.5, 0.6) is 0 Å². The molecule has 0 saturated carbocycles. The van der Waals surface area contributed by atoms with Crippen LogP contribution in [-0.4, -0.2) is 29.0 Å². The summed E-state index contributed by atoms with van der Waals surface area (Å²) in [6.07, 6.45) is 3.46. The van der Waals surface area contributed by atoms with Gasteiger partial charge in [-0.25, -0.2) is 0 Å². The molecule has 0 atom stereocenters. The minimum atomic E-state index is -0.537. The molecule has 0 bridgehead atoms. The highest BCUT2D eigenvalue weighted by molar-refractivity contribution is 5.83. The summed E-state index contributed by atoms with van der Waals surface area (Å²) in [7, 11) is 0. The molecule has 0 saturated heterocycles. The number of carbonyl (C=O) groups is 2. The fourth-order valence-electron chi connectivity index (χ4n) is 1.30. The lowest BCUT2D eigenvalue weighted by molar-refractivity contribution is -0.154. The van der Waals surface area contributed by atoms with Crippen molar-refractivity contribution in [1.82, 2.24) is 10.3 Å². The summed E-state index contributed by atoms with van der Waals surface area (Å²) in [5.41, 5.74) is 0.268. The Balaban J connectivity index is 2.32. The Labute approximate surface area is 107 Å². The molecule has 5 nitrogen and oxygen atoms in total. The van der Waals surface area contributed by atoms with Gasteiger partial charge >= 0.3 is 5.97 Å². The number of amides is 1. The van der Waals surface area contributed by atoms with Crippen molar-refractivity contribution in [3.05, 3.63) is 30.1 Å². The second-order valence-electron chi connectivity index (χ2n) is 4.90. The van der Waals surface area contributed by atoms with Crippen LogP contribution in [0.3, 0.4) is 0 Å². The van der Waals surface area contributed by atoms with E-state index < -0.39 is 11.6 Å². The molecule has 0 fully saturated rings. The second kappa shape index (κ2) is 6.14. The van der Waals surface area contributed by atoms with Gasteiger partial charge in [0, 0.05) is 12.4 Å². The first-order valence-electron chi connectivity index (χ1n) is 5.74. The number of hydrogen-bond acceptors (Lipinski definition) is 4. The first-order valence-corrected chi connectivity index (χ1v) is 5.74. The SMILES string of the molecule is CC(C)(C)OC(=O)CNC(=O)Cc1cccnc1. The molecule has 0 aliphatic heterocycles. The summed E-state index contributed by atoms with van der Waals surface area (Å²) in [6, 6.07) is 3.57. The fraction of sp³-hybridized carbons (Fsp3) is 0.462. The van der Waals surface area contributed by atoms with Crippen LogP contribution in [0.25, 0.3) is 0 Å². The third-order valence-corrected chi connectivity index (χ3v) is 1.94. The van der Waals surface area contributed by atoms with Crippen molar-refractivity contribution in [2.75, 3.05) is 6.54 Å². The Bertz CT molecular complexity index is 410. The molecule has 98 valence electrons. The van der Waals surface area contributed by atoms with Gasteiger partial charge in [-0.05, 0) is 32.4 Å². The third kappa shape index (κ3) is 5.98. The highest BCUT2D eigenvalue weighted by atomic mass is 16.6. The zero-order chi connectivity index (χ0) is 13.6. The van der Waals surface area contributed by atoms with Crippen LogP contribution in [-0.2, 0) is 20.7 Å². The normalized spacial score (nSPS) is 10.8. The van der Waals surface area contributed by atoms with Crippen molar-refractivity contribution in [2.45, 2.75) is 32.8 Å². The average Bonchev–Trinajstić information content (AvgIpc) is 2.25. The molecule has 1 N–H and O–H groups in total. The maximum Gasteiger partial charge on any atom is 0.325 e.